The molecule has 5 heteroatoms. The molecule has 0 amide bonds. The molecule has 0 atom stereocenters. The summed E-state index contributed by atoms with van der Waals surface area (Å²) in [4.78, 5) is 2.67. The zero-order chi connectivity index (χ0) is 15.3. The Hall–Kier alpha value is -0.910. The second-order valence-electron chi connectivity index (χ2n) is 5.86. The molecule has 118 valence electrons. The van der Waals surface area contributed by atoms with Crippen molar-refractivity contribution >= 4 is 9.84 Å². The summed E-state index contributed by atoms with van der Waals surface area (Å²) in [6.07, 6.45) is 3.62. The molecule has 1 aliphatic rings. The van der Waals surface area contributed by atoms with Crippen molar-refractivity contribution in [1.82, 2.24) is 4.90 Å². The fourth-order valence-corrected chi connectivity index (χ4v) is 4.20. The van der Waals surface area contributed by atoms with Crippen LogP contribution in [0.4, 0.5) is 0 Å². The SMILES string of the molecule is CCC1CCN(CCS(=O)(=O)c2cccc(CN)c2)CC1. The lowest BCUT2D eigenvalue weighted by atomic mass is 9.94. The standard InChI is InChI=1S/C16H26N2O2S/c1-2-14-6-8-18(9-7-14)10-11-21(19,20)16-5-3-4-15(12-16)13-17/h3-5,12,14H,2,6-11,13,17H2,1H3. The summed E-state index contributed by atoms with van der Waals surface area (Å²) in [6, 6.07) is 6.98. The Morgan fingerprint density at radius 3 is 2.62 bits per heavy atom. The lowest BCUT2D eigenvalue weighted by molar-refractivity contribution is 0.190. The third-order valence-corrected chi connectivity index (χ3v) is 6.15. The van der Waals surface area contributed by atoms with E-state index in [4.69, 9.17) is 5.73 Å². The fraction of sp³-hybridized carbons (Fsp3) is 0.625. The topological polar surface area (TPSA) is 63.4 Å². The van der Waals surface area contributed by atoms with Crippen molar-refractivity contribution in [2.45, 2.75) is 37.6 Å². The van der Waals surface area contributed by atoms with E-state index in [1.165, 1.54) is 19.3 Å². The Morgan fingerprint density at radius 1 is 1.29 bits per heavy atom. The number of piperidine rings is 1. The molecular formula is C16H26N2O2S. The Bertz CT molecular complexity index is 549. The van der Waals surface area contributed by atoms with Crippen LogP contribution in [-0.4, -0.2) is 38.7 Å². The van der Waals surface area contributed by atoms with Crippen molar-refractivity contribution in [2.24, 2.45) is 11.7 Å². The molecule has 0 unspecified atom stereocenters. The van der Waals surface area contributed by atoms with Crippen molar-refractivity contribution in [1.29, 1.82) is 0 Å². The van der Waals surface area contributed by atoms with E-state index in [0.717, 1.165) is 24.6 Å². The summed E-state index contributed by atoms with van der Waals surface area (Å²) in [5.74, 6) is 1.01. The molecule has 1 aliphatic heterocycles. The highest BCUT2D eigenvalue weighted by atomic mass is 32.2. The van der Waals surface area contributed by atoms with E-state index >= 15 is 0 Å². The summed E-state index contributed by atoms with van der Waals surface area (Å²) in [5.41, 5.74) is 6.44. The van der Waals surface area contributed by atoms with Gasteiger partial charge in [0, 0.05) is 13.1 Å². The molecule has 4 nitrogen and oxygen atoms in total. The molecule has 2 rings (SSSR count). The van der Waals surface area contributed by atoms with Gasteiger partial charge in [-0.05, 0) is 49.5 Å². The van der Waals surface area contributed by atoms with Gasteiger partial charge in [0.15, 0.2) is 9.84 Å². The van der Waals surface area contributed by atoms with Crippen LogP contribution < -0.4 is 5.73 Å². The quantitative estimate of drug-likeness (QED) is 0.873. The largest absolute Gasteiger partial charge is 0.326 e. The van der Waals surface area contributed by atoms with E-state index in [9.17, 15) is 8.42 Å². The Kier molecular flexibility index (Phi) is 5.79. The Morgan fingerprint density at radius 2 is 2.00 bits per heavy atom. The van der Waals surface area contributed by atoms with E-state index in [1.807, 2.05) is 6.07 Å². The minimum Gasteiger partial charge on any atom is -0.326 e. The lowest BCUT2D eigenvalue weighted by Crippen LogP contribution is -2.36. The number of likely N-dealkylation sites (tertiary alicyclic amines) is 1. The van der Waals surface area contributed by atoms with Gasteiger partial charge in [0.25, 0.3) is 0 Å². The summed E-state index contributed by atoms with van der Waals surface area (Å²) < 4.78 is 24.8. The molecule has 0 bridgehead atoms. The van der Waals surface area contributed by atoms with Gasteiger partial charge in [0.1, 0.15) is 0 Å². The molecule has 1 aromatic carbocycles. The third-order valence-electron chi connectivity index (χ3n) is 4.45. The first kappa shape index (κ1) is 16.5. The molecule has 0 aromatic heterocycles. The minimum atomic E-state index is -3.21. The van der Waals surface area contributed by atoms with Crippen molar-refractivity contribution in [3.05, 3.63) is 29.8 Å². The summed E-state index contributed by atoms with van der Waals surface area (Å²) in [6.45, 7) is 5.28. The minimum absolute atomic E-state index is 0.192. The second kappa shape index (κ2) is 7.38. The van der Waals surface area contributed by atoms with E-state index in [1.54, 1.807) is 18.2 Å². The first-order valence-corrected chi connectivity index (χ1v) is 9.44. The number of rotatable bonds is 6. The number of nitrogens with two attached hydrogens (primary N) is 1. The Labute approximate surface area is 128 Å². The van der Waals surface area contributed by atoms with Crippen LogP contribution in [0.5, 0.6) is 0 Å². The highest BCUT2D eigenvalue weighted by Crippen LogP contribution is 2.20. The Balaban J connectivity index is 1.92. The number of hydrogen-bond donors (Lipinski definition) is 1. The molecule has 21 heavy (non-hydrogen) atoms. The fourth-order valence-electron chi connectivity index (χ4n) is 2.85. The van der Waals surface area contributed by atoms with E-state index in [-0.39, 0.29) is 5.75 Å². The average molecular weight is 310 g/mol. The first-order chi connectivity index (χ1) is 10.0. The van der Waals surface area contributed by atoms with Gasteiger partial charge in [-0.3, -0.25) is 0 Å². The van der Waals surface area contributed by atoms with Gasteiger partial charge in [-0.2, -0.15) is 0 Å². The monoisotopic (exact) mass is 310 g/mol. The smallest absolute Gasteiger partial charge is 0.179 e. The van der Waals surface area contributed by atoms with Gasteiger partial charge >= 0.3 is 0 Å². The zero-order valence-electron chi connectivity index (χ0n) is 12.8. The van der Waals surface area contributed by atoms with Crippen LogP contribution >= 0.6 is 0 Å². The zero-order valence-corrected chi connectivity index (χ0v) is 13.6. The number of benzene rings is 1. The highest BCUT2D eigenvalue weighted by Gasteiger charge is 2.21. The van der Waals surface area contributed by atoms with Gasteiger partial charge in [0.2, 0.25) is 0 Å². The van der Waals surface area contributed by atoms with Gasteiger partial charge in [-0.25, -0.2) is 8.42 Å². The number of nitrogens with zero attached hydrogens (tertiary/aromatic N) is 1. The van der Waals surface area contributed by atoms with Crippen molar-refractivity contribution in [3.63, 3.8) is 0 Å². The first-order valence-electron chi connectivity index (χ1n) is 7.79. The number of hydrogen-bond acceptors (Lipinski definition) is 4. The number of sulfone groups is 1. The predicted octanol–water partition coefficient (Wildman–Crippen LogP) is 2.04. The molecule has 2 N–H and O–H groups in total. The van der Waals surface area contributed by atoms with Crippen LogP contribution in [0.2, 0.25) is 0 Å². The molecule has 1 aromatic rings. The normalized spacial score (nSPS) is 18.0. The van der Waals surface area contributed by atoms with E-state index in [0.29, 0.717) is 18.0 Å². The maximum Gasteiger partial charge on any atom is 0.179 e. The van der Waals surface area contributed by atoms with Crippen molar-refractivity contribution in [3.8, 4) is 0 Å². The molecule has 1 fully saturated rings. The summed E-state index contributed by atoms with van der Waals surface area (Å²) in [5, 5.41) is 0. The highest BCUT2D eigenvalue weighted by molar-refractivity contribution is 7.91. The maximum atomic E-state index is 12.4. The molecule has 1 heterocycles. The average Bonchev–Trinajstić information content (AvgIpc) is 2.53. The molecule has 0 radical (unpaired) electrons. The van der Waals surface area contributed by atoms with E-state index < -0.39 is 9.84 Å². The van der Waals surface area contributed by atoms with Crippen LogP contribution in [0.1, 0.15) is 31.7 Å². The molecule has 0 saturated carbocycles. The van der Waals surface area contributed by atoms with Gasteiger partial charge in [-0.1, -0.05) is 25.5 Å². The maximum absolute atomic E-state index is 12.4. The second-order valence-corrected chi connectivity index (χ2v) is 7.97. The van der Waals surface area contributed by atoms with Gasteiger partial charge in [-0.15, -0.1) is 0 Å². The third kappa shape index (κ3) is 4.53. The lowest BCUT2D eigenvalue weighted by Gasteiger charge is -2.31. The molecule has 0 spiro atoms. The predicted molar refractivity (Wildman–Crippen MR) is 85.8 cm³/mol. The molecular weight excluding hydrogens is 284 g/mol. The van der Waals surface area contributed by atoms with Crippen LogP contribution in [0.15, 0.2) is 29.2 Å². The van der Waals surface area contributed by atoms with Crippen LogP contribution in [0.3, 0.4) is 0 Å². The van der Waals surface area contributed by atoms with Crippen molar-refractivity contribution in [2.75, 3.05) is 25.4 Å². The molecule has 0 aliphatic carbocycles. The molecule has 1 saturated heterocycles. The van der Waals surface area contributed by atoms with Gasteiger partial charge in [0.05, 0.1) is 10.6 Å². The van der Waals surface area contributed by atoms with Crippen LogP contribution in [0.25, 0.3) is 0 Å². The van der Waals surface area contributed by atoms with E-state index in [2.05, 4.69) is 11.8 Å². The summed E-state index contributed by atoms with van der Waals surface area (Å²) >= 11 is 0. The van der Waals surface area contributed by atoms with Crippen molar-refractivity contribution < 1.29 is 8.42 Å². The van der Waals surface area contributed by atoms with Gasteiger partial charge < -0.3 is 10.6 Å². The van der Waals surface area contributed by atoms with Crippen LogP contribution in [-0.2, 0) is 16.4 Å². The summed E-state index contributed by atoms with van der Waals surface area (Å²) in [7, 11) is -3.21. The van der Waals surface area contributed by atoms with Crippen LogP contribution in [0, 0.1) is 5.92 Å².